The molecule has 1 saturated heterocycles. The summed E-state index contributed by atoms with van der Waals surface area (Å²) < 4.78 is 5.63. The molecule has 1 aliphatic rings. The molecule has 2 nitrogen and oxygen atoms in total. The van der Waals surface area contributed by atoms with Crippen molar-refractivity contribution in [3.05, 3.63) is 0 Å². The van der Waals surface area contributed by atoms with E-state index >= 15 is 0 Å². The minimum atomic E-state index is 0.266. The summed E-state index contributed by atoms with van der Waals surface area (Å²) in [7, 11) is 0. The van der Waals surface area contributed by atoms with E-state index in [0.29, 0.717) is 17.9 Å². The van der Waals surface area contributed by atoms with Gasteiger partial charge in [-0.15, -0.1) is 0 Å². The van der Waals surface area contributed by atoms with Gasteiger partial charge in [0.05, 0.1) is 6.10 Å². The fraction of sp³-hybridized carbons (Fsp3) is 1.00. The van der Waals surface area contributed by atoms with Gasteiger partial charge in [-0.2, -0.15) is 0 Å². The van der Waals surface area contributed by atoms with E-state index in [9.17, 15) is 0 Å². The zero-order valence-electron chi connectivity index (χ0n) is 8.12. The van der Waals surface area contributed by atoms with Crippen molar-refractivity contribution in [2.75, 3.05) is 13.2 Å². The number of hydrogen-bond acceptors (Lipinski definition) is 2. The molecule has 1 fully saturated rings. The summed E-state index contributed by atoms with van der Waals surface area (Å²) in [5.74, 6) is 0.864. The molecule has 0 aromatic carbocycles. The van der Waals surface area contributed by atoms with Crippen molar-refractivity contribution in [2.24, 2.45) is 11.8 Å². The zero-order chi connectivity index (χ0) is 8.97. The van der Waals surface area contributed by atoms with Crippen molar-refractivity contribution < 1.29 is 9.84 Å². The van der Waals surface area contributed by atoms with Gasteiger partial charge in [0.1, 0.15) is 0 Å². The Balaban J connectivity index is 2.40. The standard InChI is InChI=1S/C10H20O2/c1-8(2)9(7-11)10-5-3-4-6-12-10/h8-11H,3-7H2,1-2H3. The van der Waals surface area contributed by atoms with Gasteiger partial charge in [-0.05, 0) is 25.2 Å². The van der Waals surface area contributed by atoms with Crippen LogP contribution in [0.2, 0.25) is 0 Å². The molecule has 0 aliphatic carbocycles. The van der Waals surface area contributed by atoms with Crippen LogP contribution in [0.4, 0.5) is 0 Å². The van der Waals surface area contributed by atoms with E-state index in [1.807, 2.05) is 0 Å². The van der Waals surface area contributed by atoms with E-state index in [1.165, 1.54) is 12.8 Å². The van der Waals surface area contributed by atoms with Gasteiger partial charge in [0.2, 0.25) is 0 Å². The summed E-state index contributed by atoms with van der Waals surface area (Å²) in [6.45, 7) is 5.45. The Bertz CT molecular complexity index is 117. The predicted octanol–water partition coefficient (Wildman–Crippen LogP) is 1.82. The summed E-state index contributed by atoms with van der Waals surface area (Å²) >= 11 is 0. The van der Waals surface area contributed by atoms with Crippen molar-refractivity contribution in [3.63, 3.8) is 0 Å². The first-order valence-electron chi connectivity index (χ1n) is 4.98. The molecule has 2 heteroatoms. The minimum Gasteiger partial charge on any atom is -0.396 e. The van der Waals surface area contributed by atoms with Gasteiger partial charge in [-0.25, -0.2) is 0 Å². The van der Waals surface area contributed by atoms with Crippen LogP contribution >= 0.6 is 0 Å². The minimum absolute atomic E-state index is 0.266. The van der Waals surface area contributed by atoms with Crippen molar-refractivity contribution >= 4 is 0 Å². The van der Waals surface area contributed by atoms with Gasteiger partial charge in [-0.1, -0.05) is 13.8 Å². The number of aliphatic hydroxyl groups excluding tert-OH is 1. The van der Waals surface area contributed by atoms with Crippen LogP contribution in [0.5, 0.6) is 0 Å². The summed E-state index contributed by atoms with van der Waals surface area (Å²) in [6.07, 6.45) is 3.88. The first-order chi connectivity index (χ1) is 5.75. The second kappa shape index (κ2) is 4.83. The average molecular weight is 172 g/mol. The fourth-order valence-electron chi connectivity index (χ4n) is 1.86. The van der Waals surface area contributed by atoms with Crippen molar-refractivity contribution in [1.82, 2.24) is 0 Å². The predicted molar refractivity (Wildman–Crippen MR) is 49.0 cm³/mol. The van der Waals surface area contributed by atoms with Crippen LogP contribution in [0.15, 0.2) is 0 Å². The topological polar surface area (TPSA) is 29.5 Å². The summed E-state index contributed by atoms with van der Waals surface area (Å²) in [5.41, 5.74) is 0. The monoisotopic (exact) mass is 172 g/mol. The quantitative estimate of drug-likeness (QED) is 0.703. The highest BCUT2D eigenvalue weighted by Crippen LogP contribution is 2.25. The largest absolute Gasteiger partial charge is 0.396 e. The lowest BCUT2D eigenvalue weighted by molar-refractivity contribution is -0.0491. The van der Waals surface area contributed by atoms with E-state index in [-0.39, 0.29) is 6.61 Å². The van der Waals surface area contributed by atoms with Crippen LogP contribution in [-0.4, -0.2) is 24.4 Å². The van der Waals surface area contributed by atoms with Gasteiger partial charge in [0, 0.05) is 19.1 Å². The van der Waals surface area contributed by atoms with Crippen molar-refractivity contribution in [1.29, 1.82) is 0 Å². The molecule has 0 spiro atoms. The van der Waals surface area contributed by atoms with Gasteiger partial charge < -0.3 is 9.84 Å². The first kappa shape index (κ1) is 10.0. The smallest absolute Gasteiger partial charge is 0.0627 e. The average Bonchev–Trinajstić information content (AvgIpc) is 2.07. The van der Waals surface area contributed by atoms with E-state index in [2.05, 4.69) is 13.8 Å². The maximum Gasteiger partial charge on any atom is 0.0627 e. The normalized spacial score (nSPS) is 27.5. The number of ether oxygens (including phenoxy) is 1. The van der Waals surface area contributed by atoms with Crippen LogP contribution in [0.25, 0.3) is 0 Å². The van der Waals surface area contributed by atoms with E-state index < -0.39 is 0 Å². The third kappa shape index (κ3) is 2.46. The molecule has 1 heterocycles. The number of aliphatic hydroxyl groups is 1. The summed E-state index contributed by atoms with van der Waals surface area (Å²) in [4.78, 5) is 0. The Morgan fingerprint density at radius 2 is 2.17 bits per heavy atom. The Hall–Kier alpha value is -0.0800. The highest BCUT2D eigenvalue weighted by Gasteiger charge is 2.25. The Labute approximate surface area is 74.9 Å². The molecule has 0 aromatic heterocycles. The molecule has 2 unspecified atom stereocenters. The zero-order valence-corrected chi connectivity index (χ0v) is 8.12. The SMILES string of the molecule is CC(C)C(CO)C1CCCCO1. The maximum absolute atomic E-state index is 9.17. The van der Waals surface area contributed by atoms with Crippen LogP contribution < -0.4 is 0 Å². The first-order valence-corrected chi connectivity index (χ1v) is 4.98. The molecule has 0 aromatic rings. The fourth-order valence-corrected chi connectivity index (χ4v) is 1.86. The highest BCUT2D eigenvalue weighted by atomic mass is 16.5. The Morgan fingerprint density at radius 3 is 2.58 bits per heavy atom. The molecule has 1 aliphatic heterocycles. The molecule has 0 bridgehead atoms. The van der Waals surface area contributed by atoms with Crippen LogP contribution in [0.3, 0.4) is 0 Å². The molecule has 12 heavy (non-hydrogen) atoms. The summed E-state index contributed by atoms with van der Waals surface area (Å²) in [6, 6.07) is 0. The van der Waals surface area contributed by atoms with E-state index in [4.69, 9.17) is 9.84 Å². The maximum atomic E-state index is 9.17. The third-order valence-electron chi connectivity index (χ3n) is 2.76. The van der Waals surface area contributed by atoms with Crippen LogP contribution in [-0.2, 0) is 4.74 Å². The second-order valence-corrected chi connectivity index (χ2v) is 4.00. The van der Waals surface area contributed by atoms with Gasteiger partial charge in [0.15, 0.2) is 0 Å². The van der Waals surface area contributed by atoms with Crippen molar-refractivity contribution in [3.8, 4) is 0 Å². The molecule has 2 atom stereocenters. The lowest BCUT2D eigenvalue weighted by Gasteiger charge is -2.31. The lowest BCUT2D eigenvalue weighted by atomic mass is 9.87. The van der Waals surface area contributed by atoms with Crippen molar-refractivity contribution in [2.45, 2.75) is 39.2 Å². The second-order valence-electron chi connectivity index (χ2n) is 4.00. The van der Waals surface area contributed by atoms with E-state index in [1.54, 1.807) is 0 Å². The molecule has 0 saturated carbocycles. The lowest BCUT2D eigenvalue weighted by Crippen LogP contribution is -2.33. The Kier molecular flexibility index (Phi) is 4.02. The summed E-state index contributed by atoms with van der Waals surface area (Å²) in [5, 5.41) is 9.17. The van der Waals surface area contributed by atoms with Gasteiger partial charge >= 0.3 is 0 Å². The number of rotatable bonds is 3. The molecule has 1 rings (SSSR count). The molecule has 1 N–H and O–H groups in total. The number of hydrogen-bond donors (Lipinski definition) is 1. The molecule has 0 amide bonds. The molecule has 72 valence electrons. The van der Waals surface area contributed by atoms with E-state index in [0.717, 1.165) is 13.0 Å². The highest BCUT2D eigenvalue weighted by molar-refractivity contribution is 4.75. The molecular weight excluding hydrogens is 152 g/mol. The van der Waals surface area contributed by atoms with Gasteiger partial charge in [-0.3, -0.25) is 0 Å². The molecular formula is C10H20O2. The third-order valence-corrected chi connectivity index (χ3v) is 2.76. The Morgan fingerprint density at radius 1 is 1.42 bits per heavy atom. The van der Waals surface area contributed by atoms with Crippen LogP contribution in [0.1, 0.15) is 33.1 Å². The van der Waals surface area contributed by atoms with Gasteiger partial charge in [0.25, 0.3) is 0 Å². The van der Waals surface area contributed by atoms with Crippen LogP contribution in [0, 0.1) is 11.8 Å². The molecule has 0 radical (unpaired) electrons.